The molecule has 6 nitrogen and oxygen atoms in total. The van der Waals surface area contributed by atoms with Crippen LogP contribution in [0.15, 0.2) is 42.5 Å². The molecule has 1 aromatic heterocycles. The summed E-state index contributed by atoms with van der Waals surface area (Å²) in [5.74, 6) is -0.314. The summed E-state index contributed by atoms with van der Waals surface area (Å²) in [5.41, 5.74) is 3.34. The molecule has 0 radical (unpaired) electrons. The van der Waals surface area contributed by atoms with Crippen molar-refractivity contribution in [2.24, 2.45) is 0 Å². The molecule has 0 fully saturated rings. The minimum Gasteiger partial charge on any atom is -0.505 e. The molecule has 0 amide bonds. The summed E-state index contributed by atoms with van der Waals surface area (Å²) < 4.78 is 5.22. The van der Waals surface area contributed by atoms with Crippen LogP contribution in [0, 0.1) is 0 Å². The van der Waals surface area contributed by atoms with E-state index in [0.29, 0.717) is 33.7 Å². The number of hydrogen-bond donors (Lipinski definition) is 1. The van der Waals surface area contributed by atoms with Gasteiger partial charge < -0.3 is 9.84 Å². The van der Waals surface area contributed by atoms with Gasteiger partial charge in [-0.3, -0.25) is 0 Å². The second-order valence-corrected chi connectivity index (χ2v) is 8.43. The van der Waals surface area contributed by atoms with E-state index in [0.717, 1.165) is 11.1 Å². The Morgan fingerprint density at radius 2 is 2.00 bits per heavy atom. The molecular weight excluding hydrogens is 390 g/mol. The number of carbonyl (C=O) groups is 1. The van der Waals surface area contributed by atoms with Gasteiger partial charge in [0, 0.05) is 17.6 Å². The van der Waals surface area contributed by atoms with Crippen molar-refractivity contribution in [2.75, 3.05) is 6.61 Å². The highest BCUT2D eigenvalue weighted by atomic mass is 35.5. The lowest BCUT2D eigenvalue weighted by atomic mass is 9.84. The van der Waals surface area contributed by atoms with Crippen molar-refractivity contribution in [3.63, 3.8) is 0 Å². The van der Waals surface area contributed by atoms with E-state index in [4.69, 9.17) is 16.3 Å². The van der Waals surface area contributed by atoms with Crippen LogP contribution in [0.4, 0.5) is 0 Å². The van der Waals surface area contributed by atoms with Crippen LogP contribution in [0.3, 0.4) is 0 Å². The number of phenolic OH excluding ortho intramolecular Hbond substituents is 1. The molecule has 152 valence electrons. The van der Waals surface area contributed by atoms with Crippen molar-refractivity contribution in [3.8, 4) is 11.4 Å². The number of aromatic hydroxyl groups is 1. The zero-order valence-corrected chi connectivity index (χ0v) is 17.7. The molecule has 0 spiro atoms. The maximum absolute atomic E-state index is 11.6. The number of phenols is 1. The molecule has 2 aromatic carbocycles. The van der Waals surface area contributed by atoms with Gasteiger partial charge in [-0.05, 0) is 36.1 Å². The third-order valence-electron chi connectivity index (χ3n) is 4.51. The topological polar surface area (TPSA) is 77.2 Å². The van der Waals surface area contributed by atoms with Crippen LogP contribution >= 0.6 is 11.6 Å². The van der Waals surface area contributed by atoms with E-state index in [-0.39, 0.29) is 17.8 Å². The second kappa shape index (κ2) is 7.87. The van der Waals surface area contributed by atoms with Gasteiger partial charge in [-0.1, -0.05) is 51.1 Å². The number of hydrogen-bond acceptors (Lipinski definition) is 5. The molecule has 0 aliphatic heterocycles. The first-order valence-electron chi connectivity index (χ1n) is 9.29. The number of esters is 1. The summed E-state index contributed by atoms with van der Waals surface area (Å²) >= 11 is 6.22. The lowest BCUT2D eigenvalue weighted by Gasteiger charge is -2.23. The summed E-state index contributed by atoms with van der Waals surface area (Å²) in [6.45, 7) is 11.4. The first kappa shape index (κ1) is 20.9. The Morgan fingerprint density at radius 1 is 1.28 bits per heavy atom. The molecule has 3 aromatic rings. The lowest BCUT2D eigenvalue weighted by Crippen LogP contribution is -2.15. The number of halogens is 1. The minimum atomic E-state index is -0.422. The van der Waals surface area contributed by atoms with E-state index >= 15 is 0 Å². The highest BCUT2D eigenvalue weighted by molar-refractivity contribution is 6.34. The number of fused-ring (bicyclic) bond motifs is 1. The summed E-state index contributed by atoms with van der Waals surface area (Å²) in [5, 5.41) is 20.4. The fourth-order valence-electron chi connectivity index (χ4n) is 2.94. The standard InChI is InChI=1S/C22H24ClN3O3/c1-13(2)21(28)29-10-9-14-11-15(22(3,4)5)20(27)18(12-14)26-24-17-8-6-7-16(23)19(17)25-26/h6-8,11-12,27H,1,9-10H2,2-5H3. The Kier molecular flexibility index (Phi) is 5.66. The average Bonchev–Trinajstić information content (AvgIpc) is 3.07. The van der Waals surface area contributed by atoms with Crippen LogP contribution in [0.5, 0.6) is 5.75 Å². The van der Waals surface area contributed by atoms with Crippen LogP contribution in [0.25, 0.3) is 16.7 Å². The minimum absolute atomic E-state index is 0.108. The van der Waals surface area contributed by atoms with Crippen molar-refractivity contribution in [3.05, 3.63) is 58.6 Å². The Morgan fingerprint density at radius 3 is 2.62 bits per heavy atom. The van der Waals surface area contributed by atoms with E-state index in [9.17, 15) is 9.90 Å². The summed E-state index contributed by atoms with van der Waals surface area (Å²) in [7, 11) is 0. The highest BCUT2D eigenvalue weighted by Gasteiger charge is 2.23. The van der Waals surface area contributed by atoms with Crippen LogP contribution in [0.1, 0.15) is 38.8 Å². The van der Waals surface area contributed by atoms with Gasteiger partial charge in [0.15, 0.2) is 0 Å². The number of aromatic nitrogens is 3. The van der Waals surface area contributed by atoms with Crippen LogP contribution in [-0.2, 0) is 21.4 Å². The molecule has 3 rings (SSSR count). The maximum atomic E-state index is 11.6. The van der Waals surface area contributed by atoms with E-state index in [2.05, 4.69) is 16.8 Å². The summed E-state index contributed by atoms with van der Waals surface area (Å²) in [4.78, 5) is 13.0. The van der Waals surface area contributed by atoms with Gasteiger partial charge in [0.25, 0.3) is 0 Å². The summed E-state index contributed by atoms with van der Waals surface area (Å²) in [6, 6.07) is 9.08. The first-order valence-corrected chi connectivity index (χ1v) is 9.66. The number of rotatable bonds is 5. The molecule has 7 heteroatoms. The molecule has 29 heavy (non-hydrogen) atoms. The Balaban J connectivity index is 2.04. The smallest absolute Gasteiger partial charge is 0.333 e. The number of benzene rings is 2. The SMILES string of the molecule is C=C(C)C(=O)OCCc1cc(-n2nc3cccc(Cl)c3n2)c(O)c(C(C)(C)C)c1. The largest absolute Gasteiger partial charge is 0.505 e. The fourth-order valence-corrected chi connectivity index (χ4v) is 3.15. The zero-order chi connectivity index (χ0) is 21.3. The predicted octanol–water partition coefficient (Wildman–Crippen LogP) is 4.74. The average molecular weight is 414 g/mol. The second-order valence-electron chi connectivity index (χ2n) is 8.02. The monoisotopic (exact) mass is 413 g/mol. The third-order valence-corrected chi connectivity index (χ3v) is 4.81. The number of nitrogens with zero attached hydrogens (tertiary/aromatic N) is 3. The lowest BCUT2D eigenvalue weighted by molar-refractivity contribution is -0.138. The van der Waals surface area contributed by atoms with Gasteiger partial charge in [0.05, 0.1) is 11.6 Å². The van der Waals surface area contributed by atoms with Gasteiger partial charge in [-0.15, -0.1) is 15.0 Å². The summed E-state index contributed by atoms with van der Waals surface area (Å²) in [6.07, 6.45) is 0.483. The Bertz CT molecular complexity index is 1100. The van der Waals surface area contributed by atoms with Gasteiger partial charge in [-0.2, -0.15) is 0 Å². The van der Waals surface area contributed by atoms with Gasteiger partial charge in [0.1, 0.15) is 22.5 Å². The molecule has 0 unspecified atom stereocenters. The Hall–Kier alpha value is -2.86. The van der Waals surface area contributed by atoms with E-state index in [1.54, 1.807) is 25.1 Å². The number of ether oxygens (including phenoxy) is 1. The van der Waals surface area contributed by atoms with Crippen LogP contribution in [0.2, 0.25) is 5.02 Å². The molecule has 1 N–H and O–H groups in total. The normalized spacial score (nSPS) is 11.6. The Labute approximate surface area is 174 Å². The zero-order valence-electron chi connectivity index (χ0n) is 17.0. The molecule has 1 heterocycles. The molecule has 0 aliphatic rings. The van der Waals surface area contributed by atoms with Crippen LogP contribution in [-0.4, -0.2) is 32.7 Å². The van der Waals surface area contributed by atoms with Crippen LogP contribution < -0.4 is 0 Å². The maximum Gasteiger partial charge on any atom is 0.333 e. The van der Waals surface area contributed by atoms with Gasteiger partial charge >= 0.3 is 5.97 Å². The number of carbonyl (C=O) groups excluding carboxylic acids is 1. The first-order chi connectivity index (χ1) is 13.6. The molecule has 0 atom stereocenters. The van der Waals surface area contributed by atoms with Gasteiger partial charge in [0.2, 0.25) is 0 Å². The van der Waals surface area contributed by atoms with Crippen molar-refractivity contribution in [2.45, 2.75) is 39.5 Å². The highest BCUT2D eigenvalue weighted by Crippen LogP contribution is 2.36. The van der Waals surface area contributed by atoms with Crippen molar-refractivity contribution in [1.29, 1.82) is 0 Å². The fraction of sp³-hybridized carbons (Fsp3) is 0.318. The quantitative estimate of drug-likeness (QED) is 0.483. The van der Waals surface area contributed by atoms with Gasteiger partial charge in [-0.25, -0.2) is 4.79 Å². The molecule has 0 saturated carbocycles. The van der Waals surface area contributed by atoms with Crippen molar-refractivity contribution < 1.29 is 14.6 Å². The molecule has 0 bridgehead atoms. The van der Waals surface area contributed by atoms with E-state index < -0.39 is 5.97 Å². The van der Waals surface area contributed by atoms with Crippen molar-refractivity contribution >= 4 is 28.6 Å². The van der Waals surface area contributed by atoms with E-state index in [1.807, 2.05) is 32.9 Å². The predicted molar refractivity (Wildman–Crippen MR) is 114 cm³/mol. The molecule has 0 saturated heterocycles. The van der Waals surface area contributed by atoms with E-state index in [1.165, 1.54) is 4.80 Å². The van der Waals surface area contributed by atoms with Crippen molar-refractivity contribution in [1.82, 2.24) is 15.0 Å². The molecule has 0 aliphatic carbocycles. The third kappa shape index (κ3) is 4.43. The molecular formula is C22H24ClN3O3.